The van der Waals surface area contributed by atoms with E-state index < -0.39 is 11.1 Å². The summed E-state index contributed by atoms with van der Waals surface area (Å²) in [6.07, 6.45) is 1.42. The van der Waals surface area contributed by atoms with Gasteiger partial charge in [-0.15, -0.1) is 0 Å². The van der Waals surface area contributed by atoms with Gasteiger partial charge in [0.05, 0.1) is 11.9 Å². The lowest BCUT2D eigenvalue weighted by molar-refractivity contribution is 0.185. The zero-order valence-corrected chi connectivity index (χ0v) is 9.77. The predicted molar refractivity (Wildman–Crippen MR) is 60.4 cm³/mol. The Bertz CT molecular complexity index is 616. The van der Waals surface area contributed by atoms with Crippen LogP contribution in [0.3, 0.4) is 0 Å². The third kappa shape index (κ3) is 1.52. The summed E-state index contributed by atoms with van der Waals surface area (Å²) in [5.74, 6) is 0.0533. The fourth-order valence-corrected chi connectivity index (χ4v) is 1.77. The highest BCUT2D eigenvalue weighted by Gasteiger charge is 2.16. The van der Waals surface area contributed by atoms with Crippen molar-refractivity contribution in [3.8, 4) is 11.5 Å². The number of H-pyrrole nitrogens is 1. The summed E-state index contributed by atoms with van der Waals surface area (Å²) < 4.78 is 1.49. The molecule has 78 valence electrons. The van der Waals surface area contributed by atoms with Crippen LogP contribution in [0, 0.1) is 10.5 Å². The number of pyridine rings is 1. The molecule has 0 aromatic heterocycles. The van der Waals surface area contributed by atoms with Crippen molar-refractivity contribution in [1.82, 2.24) is 14.7 Å². The van der Waals surface area contributed by atoms with E-state index in [2.05, 4.69) is 9.97 Å². The van der Waals surface area contributed by atoms with Gasteiger partial charge in [0, 0.05) is 3.57 Å². The van der Waals surface area contributed by atoms with Gasteiger partial charge >= 0.3 is 11.1 Å². The minimum Gasteiger partial charge on any atom is -0.427 e. The molecule has 0 saturated carbocycles. The molecule has 2 N–H and O–H groups in total. The first-order chi connectivity index (χ1) is 7.00. The van der Waals surface area contributed by atoms with Crippen LogP contribution in [0.5, 0.6) is 0 Å². The highest BCUT2D eigenvalue weighted by Crippen LogP contribution is 2.22. The first-order valence-corrected chi connectivity index (χ1v) is 5.09. The van der Waals surface area contributed by atoms with E-state index in [0.29, 0.717) is 5.69 Å². The molecule has 0 aromatic carbocycles. The number of aromatic nitrogens is 3. The first-order valence-electron chi connectivity index (χ1n) is 4.01. The smallest absolute Gasteiger partial charge is 0.337 e. The van der Waals surface area contributed by atoms with Crippen LogP contribution in [0.4, 0.5) is 0 Å². The van der Waals surface area contributed by atoms with Crippen molar-refractivity contribution in [2.24, 2.45) is 0 Å². The monoisotopic (exact) mass is 319 g/mol. The molecule has 0 saturated heterocycles. The van der Waals surface area contributed by atoms with Crippen molar-refractivity contribution >= 4 is 22.6 Å². The number of nitrogens with one attached hydrogen (secondary N) is 1. The number of nitrogens with zero attached hydrogens (tertiary/aromatic N) is 2. The molecule has 0 amide bonds. The van der Waals surface area contributed by atoms with Gasteiger partial charge in [0.15, 0.2) is 5.82 Å². The summed E-state index contributed by atoms with van der Waals surface area (Å²) in [7, 11) is 0. The largest absolute Gasteiger partial charge is 0.427 e. The van der Waals surface area contributed by atoms with Gasteiger partial charge in [-0.1, -0.05) is 0 Å². The van der Waals surface area contributed by atoms with E-state index in [1.807, 2.05) is 22.6 Å². The van der Waals surface area contributed by atoms with Crippen LogP contribution in [0.2, 0.25) is 0 Å². The van der Waals surface area contributed by atoms with Gasteiger partial charge in [-0.3, -0.25) is 9.59 Å². The van der Waals surface area contributed by atoms with Crippen LogP contribution >= 0.6 is 22.6 Å². The number of hydrogen-bond donors (Lipinski definition) is 2. The summed E-state index contributed by atoms with van der Waals surface area (Å²) in [4.78, 5) is 28.0. The molecule has 0 atom stereocenters. The van der Waals surface area contributed by atoms with Crippen molar-refractivity contribution in [2.75, 3.05) is 0 Å². The maximum atomic E-state index is 11.1. The van der Waals surface area contributed by atoms with Gasteiger partial charge in [0.2, 0.25) is 0 Å². The maximum absolute atomic E-state index is 11.1. The Balaban J connectivity index is 3.03. The molecule has 7 heteroatoms. The molecule has 2 rings (SSSR count). The number of fused-ring (bicyclic) bond motifs is 1. The molecule has 2 aliphatic rings. The van der Waals surface area contributed by atoms with Gasteiger partial charge in [-0.2, -0.15) is 9.71 Å². The number of rotatable bonds is 0. The van der Waals surface area contributed by atoms with Gasteiger partial charge < -0.3 is 10.2 Å². The molecule has 0 bridgehead atoms. The summed E-state index contributed by atoms with van der Waals surface area (Å²) >= 11 is 2.01. The molecule has 0 aliphatic carbocycles. The Kier molecular flexibility index (Phi) is 2.25. The second kappa shape index (κ2) is 3.33. The van der Waals surface area contributed by atoms with Crippen LogP contribution < -0.4 is 11.1 Å². The molecule has 2 heterocycles. The van der Waals surface area contributed by atoms with E-state index in [4.69, 9.17) is 0 Å². The fraction of sp³-hybridized carbons (Fsp3) is 0.125. The zero-order valence-electron chi connectivity index (χ0n) is 7.61. The van der Waals surface area contributed by atoms with E-state index in [-0.39, 0.29) is 5.82 Å². The highest BCUT2D eigenvalue weighted by atomic mass is 127. The lowest BCUT2D eigenvalue weighted by atomic mass is 10.2. The minimum absolute atomic E-state index is 0.0533. The van der Waals surface area contributed by atoms with Gasteiger partial charge in [-0.05, 0) is 35.1 Å². The molecular formula is C8H6IN3O3. The Morgan fingerprint density at radius 2 is 2.20 bits per heavy atom. The van der Waals surface area contributed by atoms with Gasteiger partial charge in [0.1, 0.15) is 0 Å². The van der Waals surface area contributed by atoms with E-state index in [1.165, 1.54) is 6.20 Å². The Hall–Kier alpha value is -1.38. The van der Waals surface area contributed by atoms with Crippen molar-refractivity contribution in [1.29, 1.82) is 0 Å². The van der Waals surface area contributed by atoms with Crippen LogP contribution in [0.1, 0.15) is 5.56 Å². The first kappa shape index (κ1) is 10.1. The topological polar surface area (TPSA) is 88.0 Å². The average molecular weight is 319 g/mol. The lowest BCUT2D eigenvalue weighted by Gasteiger charge is -2.11. The molecule has 6 nitrogen and oxygen atoms in total. The van der Waals surface area contributed by atoms with Crippen LogP contribution in [-0.4, -0.2) is 19.9 Å². The lowest BCUT2D eigenvalue weighted by Crippen LogP contribution is -2.32. The third-order valence-electron chi connectivity index (χ3n) is 2.05. The van der Waals surface area contributed by atoms with Crippen molar-refractivity contribution in [3.05, 3.63) is 36.0 Å². The van der Waals surface area contributed by atoms with Crippen LogP contribution in [0.25, 0.3) is 11.5 Å². The second-order valence-corrected chi connectivity index (χ2v) is 4.18. The summed E-state index contributed by atoms with van der Waals surface area (Å²) in [6, 6.07) is 0. The fourth-order valence-electron chi connectivity index (χ4n) is 1.24. The third-order valence-corrected chi connectivity index (χ3v) is 3.14. The molecule has 2 aliphatic heterocycles. The summed E-state index contributed by atoms with van der Waals surface area (Å²) in [5.41, 5.74) is -0.562. The minimum atomic E-state index is -0.911. The Labute approximate surface area is 97.0 Å². The van der Waals surface area contributed by atoms with E-state index in [1.54, 1.807) is 6.92 Å². The predicted octanol–water partition coefficient (Wildman–Crippen LogP) is 0.187. The highest BCUT2D eigenvalue weighted by molar-refractivity contribution is 14.1. The molecule has 0 radical (unpaired) electrons. The molecular weight excluding hydrogens is 313 g/mol. The van der Waals surface area contributed by atoms with Gasteiger partial charge in [-0.25, -0.2) is 0 Å². The number of aromatic amines is 1. The molecule has 0 fully saturated rings. The molecule has 0 aromatic rings. The van der Waals surface area contributed by atoms with E-state index >= 15 is 0 Å². The van der Waals surface area contributed by atoms with Crippen molar-refractivity contribution < 1.29 is 5.21 Å². The average Bonchev–Trinajstić information content (AvgIpc) is 2.18. The number of hydrogen-bond acceptors (Lipinski definition) is 4. The summed E-state index contributed by atoms with van der Waals surface area (Å²) in [6.45, 7) is 1.77. The Morgan fingerprint density at radius 1 is 1.53 bits per heavy atom. The van der Waals surface area contributed by atoms with E-state index in [0.717, 1.165) is 13.9 Å². The maximum Gasteiger partial charge on any atom is 0.337 e. The number of halogens is 1. The second-order valence-electron chi connectivity index (χ2n) is 3.02. The SMILES string of the molecule is Cc1c(I)cn(O)c2nc(=O)c(=O)[nH]c1-2. The van der Waals surface area contributed by atoms with Crippen molar-refractivity contribution in [3.63, 3.8) is 0 Å². The molecule has 15 heavy (non-hydrogen) atoms. The van der Waals surface area contributed by atoms with Crippen molar-refractivity contribution in [2.45, 2.75) is 6.92 Å². The van der Waals surface area contributed by atoms with Gasteiger partial charge in [0.25, 0.3) is 0 Å². The summed E-state index contributed by atoms with van der Waals surface area (Å²) in [5, 5.41) is 9.48. The Morgan fingerprint density at radius 3 is 2.87 bits per heavy atom. The normalized spacial score (nSPS) is 10.8. The van der Waals surface area contributed by atoms with E-state index in [9.17, 15) is 14.8 Å². The quantitative estimate of drug-likeness (QED) is 0.412. The van der Waals surface area contributed by atoms with Crippen LogP contribution in [0.15, 0.2) is 15.8 Å². The van der Waals surface area contributed by atoms with Crippen LogP contribution in [-0.2, 0) is 0 Å². The zero-order chi connectivity index (χ0) is 11.2. The standard InChI is InChI=1S/C8H6IN3O3/c1-3-4(9)2-12(15)6-5(3)10-7(13)8(14)11-6/h2,15H,1H3,(H,10,13). The molecule has 0 unspecified atom stereocenters. The molecule has 0 spiro atoms.